The molecule has 1 heterocycles. The third-order valence-corrected chi connectivity index (χ3v) is 4.84. The highest BCUT2D eigenvalue weighted by molar-refractivity contribution is 7.92. The molecule has 1 aliphatic heterocycles. The number of fused-ring (bicyclic) bond motifs is 1. The highest BCUT2D eigenvalue weighted by atomic mass is 32.2. The molecule has 21 heavy (non-hydrogen) atoms. The summed E-state index contributed by atoms with van der Waals surface area (Å²) >= 11 is 0. The number of rotatable bonds is 3. The van der Waals surface area contributed by atoms with Gasteiger partial charge in [-0.2, -0.15) is 0 Å². The summed E-state index contributed by atoms with van der Waals surface area (Å²) in [6.07, 6.45) is 1.87. The standard InChI is InChI=1S/C16H17NO3S/c1-12-4-2-6-15(10-12)21(18,19)17-14-7-8-16-13(11-14)5-3-9-20-16/h2,4,6-8,10-11,17H,3,5,9H2,1H3. The number of hydrogen-bond donors (Lipinski definition) is 1. The van der Waals surface area contributed by atoms with Crippen LogP contribution < -0.4 is 9.46 Å². The molecule has 0 saturated carbocycles. The molecule has 110 valence electrons. The minimum atomic E-state index is -3.55. The Labute approximate surface area is 124 Å². The monoisotopic (exact) mass is 303 g/mol. The van der Waals surface area contributed by atoms with Crippen molar-refractivity contribution in [1.82, 2.24) is 0 Å². The molecule has 0 atom stereocenters. The molecule has 0 fully saturated rings. The van der Waals surface area contributed by atoms with E-state index in [0.29, 0.717) is 5.69 Å². The van der Waals surface area contributed by atoms with Gasteiger partial charge in [0, 0.05) is 5.69 Å². The number of hydrogen-bond acceptors (Lipinski definition) is 3. The molecule has 1 aliphatic rings. The molecule has 0 aromatic heterocycles. The summed E-state index contributed by atoms with van der Waals surface area (Å²) in [4.78, 5) is 0.275. The van der Waals surface area contributed by atoms with Gasteiger partial charge < -0.3 is 4.74 Å². The van der Waals surface area contributed by atoms with E-state index in [1.165, 1.54) is 0 Å². The molecule has 4 nitrogen and oxygen atoms in total. The first-order chi connectivity index (χ1) is 10.0. The summed E-state index contributed by atoms with van der Waals surface area (Å²) in [5, 5.41) is 0. The molecule has 0 radical (unpaired) electrons. The average molecular weight is 303 g/mol. The molecule has 2 aromatic carbocycles. The van der Waals surface area contributed by atoms with Crippen LogP contribution in [0.2, 0.25) is 0 Å². The summed E-state index contributed by atoms with van der Waals surface area (Å²) in [7, 11) is -3.55. The highest BCUT2D eigenvalue weighted by Crippen LogP contribution is 2.28. The molecule has 0 unspecified atom stereocenters. The van der Waals surface area contributed by atoms with E-state index >= 15 is 0 Å². The molecule has 0 bridgehead atoms. The maximum Gasteiger partial charge on any atom is 0.261 e. The lowest BCUT2D eigenvalue weighted by molar-refractivity contribution is 0.288. The fourth-order valence-corrected chi connectivity index (χ4v) is 3.57. The lowest BCUT2D eigenvalue weighted by atomic mass is 10.1. The van der Waals surface area contributed by atoms with Crippen molar-refractivity contribution in [2.75, 3.05) is 11.3 Å². The smallest absolute Gasteiger partial charge is 0.261 e. The van der Waals surface area contributed by atoms with Gasteiger partial charge in [0.15, 0.2) is 0 Å². The molecule has 1 N–H and O–H groups in total. The van der Waals surface area contributed by atoms with Gasteiger partial charge in [-0.3, -0.25) is 4.72 Å². The van der Waals surface area contributed by atoms with E-state index in [1.54, 1.807) is 24.3 Å². The summed E-state index contributed by atoms with van der Waals surface area (Å²) in [6.45, 7) is 2.59. The van der Waals surface area contributed by atoms with Gasteiger partial charge in [0.1, 0.15) is 5.75 Å². The molecule has 0 spiro atoms. The highest BCUT2D eigenvalue weighted by Gasteiger charge is 2.16. The first-order valence-electron chi connectivity index (χ1n) is 6.90. The van der Waals surface area contributed by atoms with Crippen molar-refractivity contribution in [1.29, 1.82) is 0 Å². The molecular weight excluding hydrogens is 286 g/mol. The fourth-order valence-electron chi connectivity index (χ4n) is 2.42. The van der Waals surface area contributed by atoms with Crippen molar-refractivity contribution < 1.29 is 13.2 Å². The van der Waals surface area contributed by atoms with Crippen molar-refractivity contribution in [2.24, 2.45) is 0 Å². The first kappa shape index (κ1) is 13.9. The Balaban J connectivity index is 1.89. The van der Waals surface area contributed by atoms with E-state index in [2.05, 4.69) is 4.72 Å². The van der Waals surface area contributed by atoms with Crippen LogP contribution in [0.4, 0.5) is 5.69 Å². The number of aryl methyl sites for hydroxylation is 2. The normalized spacial score (nSPS) is 14.1. The number of anilines is 1. The van der Waals surface area contributed by atoms with Gasteiger partial charge in [-0.15, -0.1) is 0 Å². The van der Waals surface area contributed by atoms with E-state index < -0.39 is 10.0 Å². The minimum absolute atomic E-state index is 0.275. The second kappa shape index (κ2) is 5.41. The van der Waals surface area contributed by atoms with E-state index in [1.807, 2.05) is 25.1 Å². The van der Waals surface area contributed by atoms with Crippen molar-refractivity contribution in [3.63, 3.8) is 0 Å². The van der Waals surface area contributed by atoms with Crippen molar-refractivity contribution in [2.45, 2.75) is 24.7 Å². The number of ether oxygens (including phenoxy) is 1. The van der Waals surface area contributed by atoms with Crippen LogP contribution in [0, 0.1) is 6.92 Å². The van der Waals surface area contributed by atoms with Crippen molar-refractivity contribution >= 4 is 15.7 Å². The van der Waals surface area contributed by atoms with Gasteiger partial charge in [-0.05, 0) is 61.2 Å². The Hall–Kier alpha value is -2.01. The predicted octanol–water partition coefficient (Wildman–Crippen LogP) is 3.12. The third kappa shape index (κ3) is 3.03. The molecule has 5 heteroatoms. The van der Waals surface area contributed by atoms with Crippen molar-refractivity contribution in [3.05, 3.63) is 53.6 Å². The van der Waals surface area contributed by atoms with Crippen LogP contribution in [-0.2, 0) is 16.4 Å². The van der Waals surface area contributed by atoms with Gasteiger partial charge >= 0.3 is 0 Å². The van der Waals surface area contributed by atoms with Gasteiger partial charge in [0.2, 0.25) is 0 Å². The zero-order chi connectivity index (χ0) is 14.9. The van der Waals surface area contributed by atoms with Crippen LogP contribution in [0.15, 0.2) is 47.4 Å². The average Bonchev–Trinajstić information content (AvgIpc) is 2.47. The summed E-state index contributed by atoms with van der Waals surface area (Å²) < 4.78 is 32.9. The molecule has 0 amide bonds. The zero-order valence-corrected chi connectivity index (χ0v) is 12.6. The molecule has 0 aliphatic carbocycles. The Bertz CT molecular complexity index is 769. The number of benzene rings is 2. The minimum Gasteiger partial charge on any atom is -0.493 e. The first-order valence-corrected chi connectivity index (χ1v) is 8.38. The Morgan fingerprint density at radius 1 is 1.14 bits per heavy atom. The summed E-state index contributed by atoms with van der Waals surface area (Å²) in [5.41, 5.74) is 2.53. The van der Waals surface area contributed by atoms with Crippen LogP contribution in [0.3, 0.4) is 0 Å². The topological polar surface area (TPSA) is 55.4 Å². The third-order valence-electron chi connectivity index (χ3n) is 3.46. The van der Waals surface area contributed by atoms with Crippen LogP contribution in [-0.4, -0.2) is 15.0 Å². The fraction of sp³-hybridized carbons (Fsp3) is 0.250. The van der Waals surface area contributed by atoms with Gasteiger partial charge in [-0.1, -0.05) is 12.1 Å². The zero-order valence-electron chi connectivity index (χ0n) is 11.8. The molecule has 2 aromatic rings. The Morgan fingerprint density at radius 2 is 2.00 bits per heavy atom. The largest absolute Gasteiger partial charge is 0.493 e. The van der Waals surface area contributed by atoms with E-state index in [0.717, 1.165) is 36.3 Å². The lowest BCUT2D eigenvalue weighted by Gasteiger charge is -2.18. The van der Waals surface area contributed by atoms with Gasteiger partial charge in [0.25, 0.3) is 10.0 Å². The predicted molar refractivity (Wildman–Crippen MR) is 82.2 cm³/mol. The maximum absolute atomic E-state index is 12.4. The van der Waals surface area contributed by atoms with Crippen LogP contribution in [0.5, 0.6) is 5.75 Å². The van der Waals surface area contributed by atoms with Crippen LogP contribution >= 0.6 is 0 Å². The van der Waals surface area contributed by atoms with Gasteiger partial charge in [-0.25, -0.2) is 8.42 Å². The molecule has 0 saturated heterocycles. The van der Waals surface area contributed by atoms with E-state index in [4.69, 9.17) is 4.74 Å². The Kier molecular flexibility index (Phi) is 3.59. The second-order valence-corrected chi connectivity index (χ2v) is 6.88. The van der Waals surface area contributed by atoms with Crippen LogP contribution in [0.25, 0.3) is 0 Å². The number of nitrogens with one attached hydrogen (secondary N) is 1. The van der Waals surface area contributed by atoms with Gasteiger partial charge in [0.05, 0.1) is 11.5 Å². The van der Waals surface area contributed by atoms with E-state index in [9.17, 15) is 8.42 Å². The lowest BCUT2D eigenvalue weighted by Crippen LogP contribution is -2.14. The molecular formula is C16H17NO3S. The SMILES string of the molecule is Cc1cccc(S(=O)(=O)Nc2ccc3c(c2)CCCO3)c1. The Morgan fingerprint density at radius 3 is 2.81 bits per heavy atom. The van der Waals surface area contributed by atoms with E-state index in [-0.39, 0.29) is 4.90 Å². The maximum atomic E-state index is 12.4. The second-order valence-electron chi connectivity index (χ2n) is 5.20. The molecule has 3 rings (SSSR count). The summed E-state index contributed by atoms with van der Waals surface area (Å²) in [5.74, 6) is 0.847. The number of sulfonamides is 1. The van der Waals surface area contributed by atoms with Crippen molar-refractivity contribution in [3.8, 4) is 5.75 Å². The van der Waals surface area contributed by atoms with Crippen LogP contribution in [0.1, 0.15) is 17.5 Å². The summed E-state index contributed by atoms with van der Waals surface area (Å²) in [6, 6.07) is 12.3. The quantitative estimate of drug-likeness (QED) is 0.948.